The van der Waals surface area contributed by atoms with E-state index in [1.165, 1.54) is 10.4 Å². The quantitative estimate of drug-likeness (QED) is 0.787. The predicted octanol–water partition coefficient (Wildman–Crippen LogP) is 3.09. The lowest BCUT2D eigenvalue weighted by Gasteiger charge is -2.20. The van der Waals surface area contributed by atoms with Crippen LogP contribution >= 0.6 is 22.7 Å². The minimum absolute atomic E-state index is 0.0369. The molecule has 0 spiro atoms. The Labute approximate surface area is 118 Å². The van der Waals surface area contributed by atoms with Crippen LogP contribution in [0.1, 0.15) is 22.4 Å². The second-order valence-corrected chi connectivity index (χ2v) is 6.19. The highest BCUT2D eigenvalue weighted by atomic mass is 32.1. The standard InChI is InChI=1S/C13H11N3OS2/c1-4-14-11(9-3-6-19-10(1)9)13-15-12(16-17-13)8-2-5-18-7-8/h2-3,5-7,11,14H,1,4H2. The van der Waals surface area contributed by atoms with Crippen molar-refractivity contribution in [3.63, 3.8) is 0 Å². The summed E-state index contributed by atoms with van der Waals surface area (Å²) in [5, 5.41) is 13.7. The first kappa shape index (κ1) is 11.3. The molecule has 3 aromatic rings. The van der Waals surface area contributed by atoms with Crippen molar-refractivity contribution in [3.05, 3.63) is 44.6 Å². The first-order chi connectivity index (χ1) is 9.42. The Bertz CT molecular complexity index is 686. The number of rotatable bonds is 2. The second kappa shape index (κ2) is 4.56. The van der Waals surface area contributed by atoms with Crippen LogP contribution in [0.5, 0.6) is 0 Å². The largest absolute Gasteiger partial charge is 0.337 e. The third-order valence-corrected chi connectivity index (χ3v) is 4.94. The maximum Gasteiger partial charge on any atom is 0.248 e. The van der Waals surface area contributed by atoms with Gasteiger partial charge in [0.1, 0.15) is 6.04 Å². The van der Waals surface area contributed by atoms with Crippen LogP contribution in [0.25, 0.3) is 11.4 Å². The van der Waals surface area contributed by atoms with Gasteiger partial charge in [-0.3, -0.25) is 0 Å². The molecular weight excluding hydrogens is 278 g/mol. The molecule has 4 heterocycles. The minimum atomic E-state index is 0.0369. The fraction of sp³-hybridized carbons (Fsp3) is 0.231. The number of hydrogen-bond donors (Lipinski definition) is 1. The van der Waals surface area contributed by atoms with Gasteiger partial charge in [-0.15, -0.1) is 11.3 Å². The Morgan fingerprint density at radius 2 is 2.32 bits per heavy atom. The van der Waals surface area contributed by atoms with Crippen molar-refractivity contribution < 1.29 is 4.52 Å². The third-order valence-electron chi connectivity index (χ3n) is 3.26. The van der Waals surface area contributed by atoms with Crippen molar-refractivity contribution in [1.82, 2.24) is 15.5 Å². The first-order valence-corrected chi connectivity index (χ1v) is 7.90. The van der Waals surface area contributed by atoms with Crippen molar-refractivity contribution in [1.29, 1.82) is 0 Å². The number of aromatic nitrogens is 2. The molecular formula is C13H11N3OS2. The zero-order chi connectivity index (χ0) is 12.7. The van der Waals surface area contributed by atoms with Gasteiger partial charge in [0.05, 0.1) is 0 Å². The molecule has 0 fully saturated rings. The molecule has 0 radical (unpaired) electrons. The van der Waals surface area contributed by atoms with Crippen molar-refractivity contribution in [3.8, 4) is 11.4 Å². The number of nitrogens with one attached hydrogen (secondary N) is 1. The van der Waals surface area contributed by atoms with Gasteiger partial charge in [0.2, 0.25) is 11.7 Å². The van der Waals surface area contributed by atoms with Crippen LogP contribution in [0.3, 0.4) is 0 Å². The molecule has 0 aliphatic carbocycles. The van der Waals surface area contributed by atoms with E-state index in [0.717, 1.165) is 18.5 Å². The molecule has 1 unspecified atom stereocenters. The molecule has 3 aromatic heterocycles. The monoisotopic (exact) mass is 289 g/mol. The van der Waals surface area contributed by atoms with Gasteiger partial charge in [-0.2, -0.15) is 16.3 Å². The maximum atomic E-state index is 5.44. The van der Waals surface area contributed by atoms with Gasteiger partial charge in [-0.1, -0.05) is 5.16 Å². The van der Waals surface area contributed by atoms with E-state index in [9.17, 15) is 0 Å². The summed E-state index contributed by atoms with van der Waals surface area (Å²) in [5.74, 6) is 1.32. The van der Waals surface area contributed by atoms with Crippen LogP contribution in [0.15, 0.2) is 32.8 Å². The van der Waals surface area contributed by atoms with Gasteiger partial charge >= 0.3 is 0 Å². The molecule has 0 saturated carbocycles. The summed E-state index contributed by atoms with van der Waals surface area (Å²) in [5.41, 5.74) is 2.29. The summed E-state index contributed by atoms with van der Waals surface area (Å²) in [6.45, 7) is 0.953. The summed E-state index contributed by atoms with van der Waals surface area (Å²) < 4.78 is 5.44. The lowest BCUT2D eigenvalue weighted by Crippen LogP contribution is -2.29. The fourth-order valence-corrected chi connectivity index (χ4v) is 3.89. The summed E-state index contributed by atoms with van der Waals surface area (Å²) in [6, 6.07) is 4.18. The molecule has 1 N–H and O–H groups in total. The van der Waals surface area contributed by atoms with Crippen LogP contribution in [-0.2, 0) is 6.42 Å². The molecule has 1 atom stereocenters. The van der Waals surface area contributed by atoms with Crippen LogP contribution in [-0.4, -0.2) is 16.7 Å². The summed E-state index contributed by atoms with van der Waals surface area (Å²) in [6.07, 6.45) is 1.08. The number of nitrogens with zero attached hydrogens (tertiary/aromatic N) is 2. The number of thiophene rings is 2. The zero-order valence-electron chi connectivity index (χ0n) is 10.00. The molecule has 4 nitrogen and oxygen atoms in total. The molecule has 1 aliphatic heterocycles. The van der Waals surface area contributed by atoms with E-state index < -0.39 is 0 Å². The average Bonchev–Trinajstić information content (AvgIpc) is 3.18. The Morgan fingerprint density at radius 3 is 3.21 bits per heavy atom. The molecule has 4 rings (SSSR count). The van der Waals surface area contributed by atoms with E-state index >= 15 is 0 Å². The van der Waals surface area contributed by atoms with Crippen molar-refractivity contribution in [2.24, 2.45) is 0 Å². The van der Waals surface area contributed by atoms with E-state index in [4.69, 9.17) is 4.52 Å². The van der Waals surface area contributed by atoms with Gasteiger partial charge in [-0.05, 0) is 34.9 Å². The number of fused-ring (bicyclic) bond motifs is 1. The highest BCUT2D eigenvalue weighted by Gasteiger charge is 2.27. The van der Waals surface area contributed by atoms with E-state index in [2.05, 4.69) is 26.9 Å². The van der Waals surface area contributed by atoms with Crippen molar-refractivity contribution in [2.45, 2.75) is 12.5 Å². The van der Waals surface area contributed by atoms with Crippen molar-refractivity contribution in [2.75, 3.05) is 6.54 Å². The van der Waals surface area contributed by atoms with Gasteiger partial charge in [0.25, 0.3) is 0 Å². The average molecular weight is 289 g/mol. The topological polar surface area (TPSA) is 51.0 Å². The molecule has 0 bridgehead atoms. The van der Waals surface area contributed by atoms with Crippen LogP contribution in [0.2, 0.25) is 0 Å². The second-order valence-electron chi connectivity index (χ2n) is 4.40. The van der Waals surface area contributed by atoms with Crippen LogP contribution in [0, 0.1) is 0 Å². The van der Waals surface area contributed by atoms with E-state index in [0.29, 0.717) is 11.7 Å². The molecule has 0 aromatic carbocycles. The Hall–Kier alpha value is -1.50. The predicted molar refractivity (Wildman–Crippen MR) is 75.5 cm³/mol. The van der Waals surface area contributed by atoms with Gasteiger partial charge in [0.15, 0.2) is 0 Å². The number of hydrogen-bond acceptors (Lipinski definition) is 6. The van der Waals surface area contributed by atoms with Gasteiger partial charge in [-0.25, -0.2) is 0 Å². The molecule has 96 valence electrons. The smallest absolute Gasteiger partial charge is 0.248 e. The molecule has 6 heteroatoms. The van der Waals surface area contributed by atoms with Gasteiger partial charge in [0, 0.05) is 22.4 Å². The van der Waals surface area contributed by atoms with Crippen LogP contribution in [0.4, 0.5) is 0 Å². The van der Waals surface area contributed by atoms with Crippen LogP contribution < -0.4 is 5.32 Å². The summed E-state index contributed by atoms with van der Waals surface area (Å²) in [7, 11) is 0. The molecule has 0 amide bonds. The van der Waals surface area contributed by atoms with E-state index in [-0.39, 0.29) is 6.04 Å². The van der Waals surface area contributed by atoms with E-state index in [1.807, 2.05) is 16.8 Å². The molecule has 1 aliphatic rings. The highest BCUT2D eigenvalue weighted by molar-refractivity contribution is 7.10. The Kier molecular flexibility index (Phi) is 2.72. The Morgan fingerprint density at radius 1 is 1.32 bits per heavy atom. The minimum Gasteiger partial charge on any atom is -0.337 e. The lowest BCUT2D eigenvalue weighted by molar-refractivity contribution is 0.344. The van der Waals surface area contributed by atoms with E-state index in [1.54, 1.807) is 22.7 Å². The first-order valence-electron chi connectivity index (χ1n) is 6.07. The van der Waals surface area contributed by atoms with Gasteiger partial charge < -0.3 is 9.84 Å². The Balaban J connectivity index is 1.71. The normalized spacial score (nSPS) is 18.4. The SMILES string of the molecule is c1cc(-c2noc(C3NCCc4sccc43)n2)cs1. The van der Waals surface area contributed by atoms with Crippen molar-refractivity contribution >= 4 is 22.7 Å². The lowest BCUT2D eigenvalue weighted by atomic mass is 10.0. The summed E-state index contributed by atoms with van der Waals surface area (Å²) >= 11 is 3.43. The summed E-state index contributed by atoms with van der Waals surface area (Å²) in [4.78, 5) is 5.94. The third kappa shape index (κ3) is 1.92. The maximum absolute atomic E-state index is 5.44. The molecule has 0 saturated heterocycles. The fourth-order valence-electron chi connectivity index (χ4n) is 2.33. The molecule has 19 heavy (non-hydrogen) atoms. The highest BCUT2D eigenvalue weighted by Crippen LogP contribution is 2.32. The zero-order valence-corrected chi connectivity index (χ0v) is 11.6.